The van der Waals surface area contributed by atoms with Gasteiger partial charge >= 0.3 is 5.97 Å². The molecule has 0 saturated heterocycles. The average molecular weight is 1230 g/mol. The molecule has 0 aromatic heterocycles. The standard InChI is InChI=1S/C68H108O19/c1-3-4-5-6-7-8-9-10-11-12-29-86-67-27-23-65(24-28-67)20-18-63-15-13-62(14-16-63)17-19-64-21-25-66(26-22-64)68(69)87-61-60-85-59-58-84-57-56-83-55-54-82-53-52-81-51-50-80-49-48-79-47-46-78-45-44-77-43-42-76-41-40-75-39-38-74-37-36-73-35-34-72-33-32-71-31-30-70-2/h13-28H,3-12,29-61H2,1-2H3/b19-17+,20-18+. The molecule has 0 spiro atoms. The van der Waals surface area contributed by atoms with Crippen molar-refractivity contribution in [2.24, 2.45) is 0 Å². The van der Waals surface area contributed by atoms with Gasteiger partial charge in [-0.3, -0.25) is 0 Å². The summed E-state index contributed by atoms with van der Waals surface area (Å²) in [5.41, 5.74) is 4.81. The molecule has 3 rings (SSSR count). The molecule has 0 fully saturated rings. The van der Waals surface area contributed by atoms with Crippen LogP contribution in [-0.2, 0) is 80.5 Å². The molecule has 0 N–H and O–H groups in total. The van der Waals surface area contributed by atoms with Gasteiger partial charge in [-0.25, -0.2) is 4.79 Å². The number of benzene rings is 3. The zero-order valence-electron chi connectivity index (χ0n) is 52.9. The number of unbranched alkanes of at least 4 members (excludes halogenated alkanes) is 9. The number of esters is 1. The SMILES string of the molecule is CCCCCCCCCCCCOc1ccc(/C=C/c2ccc(/C=C/c3ccc(C(=O)OCCOCCOCCOCCOCCOCCOCCOCCOCCOCCOCCOCCOCCOCCOCCOCCOC)cc3)cc2)cc1. The Morgan fingerprint density at radius 3 is 0.782 bits per heavy atom. The quantitative estimate of drug-likeness (QED) is 0.0295. The van der Waals surface area contributed by atoms with Crippen molar-refractivity contribution < 1.29 is 90.1 Å². The van der Waals surface area contributed by atoms with Crippen LogP contribution in [0.5, 0.6) is 5.75 Å². The Labute approximate surface area is 521 Å². The first-order valence-corrected chi connectivity index (χ1v) is 31.8. The van der Waals surface area contributed by atoms with E-state index in [2.05, 4.69) is 73.7 Å². The van der Waals surface area contributed by atoms with E-state index in [0.29, 0.717) is 204 Å². The number of rotatable bonds is 65. The summed E-state index contributed by atoms with van der Waals surface area (Å²) in [7, 11) is 1.64. The normalized spacial score (nSPS) is 11.7. The van der Waals surface area contributed by atoms with Crippen LogP contribution < -0.4 is 4.74 Å². The molecule has 0 atom stereocenters. The van der Waals surface area contributed by atoms with Gasteiger partial charge in [-0.05, 0) is 52.9 Å². The first-order chi connectivity index (χ1) is 43.2. The van der Waals surface area contributed by atoms with E-state index in [1.165, 1.54) is 57.8 Å². The van der Waals surface area contributed by atoms with Crippen molar-refractivity contribution >= 4 is 30.3 Å². The first-order valence-electron chi connectivity index (χ1n) is 31.8. The van der Waals surface area contributed by atoms with Crippen LogP contribution >= 0.6 is 0 Å². The molecule has 494 valence electrons. The zero-order valence-corrected chi connectivity index (χ0v) is 52.9. The molecule has 0 saturated carbocycles. The lowest BCUT2D eigenvalue weighted by atomic mass is 10.1. The third-order valence-electron chi connectivity index (χ3n) is 12.8. The third-order valence-corrected chi connectivity index (χ3v) is 12.8. The Morgan fingerprint density at radius 1 is 0.276 bits per heavy atom. The summed E-state index contributed by atoms with van der Waals surface area (Å²) in [6.45, 7) is 18.2. The molecule has 0 heterocycles. The van der Waals surface area contributed by atoms with Crippen LogP contribution in [0.25, 0.3) is 24.3 Å². The molecule has 0 unspecified atom stereocenters. The Kier molecular flexibility index (Phi) is 53.7. The van der Waals surface area contributed by atoms with Crippen LogP contribution in [0.15, 0.2) is 72.8 Å². The summed E-state index contributed by atoms with van der Waals surface area (Å²) < 4.78 is 98.8. The Balaban J connectivity index is 0.977. The van der Waals surface area contributed by atoms with Crippen molar-refractivity contribution in [3.05, 3.63) is 101 Å². The van der Waals surface area contributed by atoms with Gasteiger partial charge in [-0.1, -0.05) is 138 Å². The summed E-state index contributed by atoms with van der Waals surface area (Å²) in [5.74, 6) is 0.537. The highest BCUT2D eigenvalue weighted by atomic mass is 16.6. The highest BCUT2D eigenvalue weighted by Gasteiger charge is 2.07. The fourth-order valence-electron chi connectivity index (χ4n) is 7.89. The third kappa shape index (κ3) is 49.3. The molecule has 0 aliphatic rings. The lowest BCUT2D eigenvalue weighted by Gasteiger charge is -2.09. The minimum atomic E-state index is -0.390. The molecular weight excluding hydrogens is 1120 g/mol. The summed E-state index contributed by atoms with van der Waals surface area (Å²) in [4.78, 5) is 12.6. The van der Waals surface area contributed by atoms with Crippen LogP contribution in [0, 0.1) is 0 Å². The van der Waals surface area contributed by atoms with E-state index < -0.39 is 0 Å². The van der Waals surface area contributed by atoms with E-state index in [9.17, 15) is 4.79 Å². The second kappa shape index (κ2) is 60.7. The predicted molar refractivity (Wildman–Crippen MR) is 339 cm³/mol. The topological polar surface area (TPSA) is 183 Å². The van der Waals surface area contributed by atoms with Crippen LogP contribution in [0.1, 0.15) is 104 Å². The minimum Gasteiger partial charge on any atom is -0.494 e. The number of hydrogen-bond donors (Lipinski definition) is 0. The van der Waals surface area contributed by atoms with E-state index in [1.807, 2.05) is 18.2 Å². The van der Waals surface area contributed by atoms with Crippen LogP contribution in [0.3, 0.4) is 0 Å². The molecule has 19 heteroatoms. The molecule has 87 heavy (non-hydrogen) atoms. The minimum absolute atomic E-state index is 0.154. The van der Waals surface area contributed by atoms with Crippen molar-refractivity contribution in [3.8, 4) is 5.75 Å². The van der Waals surface area contributed by atoms with Gasteiger partial charge in [0.15, 0.2) is 0 Å². The first kappa shape index (κ1) is 77.0. The summed E-state index contributed by atoms with van der Waals surface area (Å²) in [5, 5.41) is 0. The summed E-state index contributed by atoms with van der Waals surface area (Å²) in [6.07, 6.45) is 21.6. The Hall–Kier alpha value is -4.23. The van der Waals surface area contributed by atoms with Crippen molar-refractivity contribution in [1.82, 2.24) is 0 Å². The molecular formula is C68H108O19. The molecule has 0 aliphatic heterocycles. The van der Waals surface area contributed by atoms with E-state index >= 15 is 0 Å². The van der Waals surface area contributed by atoms with Gasteiger partial charge in [0.1, 0.15) is 12.4 Å². The molecule has 0 radical (unpaired) electrons. The van der Waals surface area contributed by atoms with E-state index in [-0.39, 0.29) is 19.2 Å². The summed E-state index contributed by atoms with van der Waals surface area (Å²) in [6, 6.07) is 24.0. The van der Waals surface area contributed by atoms with E-state index in [1.54, 1.807) is 19.2 Å². The highest BCUT2D eigenvalue weighted by molar-refractivity contribution is 5.89. The Bertz CT molecular complexity index is 1990. The number of hydrogen-bond acceptors (Lipinski definition) is 19. The van der Waals surface area contributed by atoms with Crippen molar-refractivity contribution in [3.63, 3.8) is 0 Å². The second-order valence-electron chi connectivity index (χ2n) is 19.9. The fourth-order valence-corrected chi connectivity index (χ4v) is 7.89. The monoisotopic (exact) mass is 1230 g/mol. The average Bonchev–Trinajstić information content (AvgIpc) is 3.73. The van der Waals surface area contributed by atoms with Gasteiger partial charge in [0.25, 0.3) is 0 Å². The molecule has 0 amide bonds. The summed E-state index contributed by atoms with van der Waals surface area (Å²) >= 11 is 0. The molecule has 19 nitrogen and oxygen atoms in total. The van der Waals surface area contributed by atoms with Gasteiger partial charge in [-0.15, -0.1) is 0 Å². The maximum absolute atomic E-state index is 12.6. The molecule has 0 aliphatic carbocycles. The van der Waals surface area contributed by atoms with Crippen molar-refractivity contribution in [1.29, 1.82) is 0 Å². The Morgan fingerprint density at radius 2 is 0.506 bits per heavy atom. The molecule has 0 bridgehead atoms. The van der Waals surface area contributed by atoms with Crippen LogP contribution in [0.4, 0.5) is 0 Å². The number of ether oxygens (including phenoxy) is 18. The van der Waals surface area contributed by atoms with Gasteiger partial charge in [0, 0.05) is 7.11 Å². The number of carbonyl (C=O) groups excluding carboxylic acids is 1. The van der Waals surface area contributed by atoms with Gasteiger partial charge in [-0.2, -0.15) is 0 Å². The molecule has 3 aromatic carbocycles. The smallest absolute Gasteiger partial charge is 0.338 e. The van der Waals surface area contributed by atoms with Crippen LogP contribution in [0.2, 0.25) is 0 Å². The lowest BCUT2D eigenvalue weighted by molar-refractivity contribution is -0.0304. The lowest BCUT2D eigenvalue weighted by Crippen LogP contribution is -2.16. The fraction of sp³-hybridized carbons (Fsp3) is 0.662. The number of methoxy groups -OCH3 is 1. The maximum atomic E-state index is 12.6. The van der Waals surface area contributed by atoms with Crippen molar-refractivity contribution in [2.75, 3.05) is 225 Å². The predicted octanol–water partition coefficient (Wildman–Crippen LogP) is 10.4. The van der Waals surface area contributed by atoms with Gasteiger partial charge < -0.3 is 85.3 Å². The second-order valence-corrected chi connectivity index (χ2v) is 19.9. The van der Waals surface area contributed by atoms with E-state index in [4.69, 9.17) is 85.3 Å². The zero-order chi connectivity index (χ0) is 61.5. The van der Waals surface area contributed by atoms with Crippen LogP contribution in [-0.4, -0.2) is 231 Å². The highest BCUT2D eigenvalue weighted by Crippen LogP contribution is 2.18. The van der Waals surface area contributed by atoms with Gasteiger partial charge in [0.2, 0.25) is 0 Å². The molecule has 3 aromatic rings. The number of carbonyl (C=O) groups is 1. The maximum Gasteiger partial charge on any atom is 0.338 e. The van der Waals surface area contributed by atoms with Gasteiger partial charge in [0.05, 0.1) is 217 Å². The largest absolute Gasteiger partial charge is 0.494 e. The van der Waals surface area contributed by atoms with E-state index in [0.717, 1.165) is 41.0 Å². The van der Waals surface area contributed by atoms with Crippen molar-refractivity contribution in [2.45, 2.75) is 71.1 Å².